The van der Waals surface area contributed by atoms with Crippen molar-refractivity contribution in [1.29, 1.82) is 0 Å². The second-order valence-electron chi connectivity index (χ2n) is 3.92. The van der Waals surface area contributed by atoms with Crippen LogP contribution in [-0.4, -0.2) is 12.0 Å². The molecule has 0 amide bonds. The Bertz CT molecular complexity index is 524. The topological polar surface area (TPSA) is 42.2 Å². The van der Waals surface area contributed by atoms with E-state index in [1.165, 1.54) is 4.88 Å². The average molecular weight is 312 g/mol. The molecule has 0 fully saturated rings. The number of thiazole rings is 1. The highest BCUT2D eigenvalue weighted by Crippen LogP contribution is 2.28. The van der Waals surface area contributed by atoms with Gasteiger partial charge >= 0.3 is 0 Å². The highest BCUT2D eigenvalue weighted by molar-refractivity contribution is 9.10. The molecular formula is C12H14BrN3S. The molecule has 0 spiro atoms. The minimum Gasteiger partial charge on any atom is -0.397 e. The Hall–Kier alpha value is -1.07. The fourth-order valence-corrected chi connectivity index (χ4v) is 2.80. The number of hydrogen-bond donors (Lipinski definition) is 1. The lowest BCUT2D eigenvalue weighted by atomic mass is 10.2. The first kappa shape index (κ1) is 12.4. The van der Waals surface area contributed by atoms with Gasteiger partial charge in [-0.1, -0.05) is 15.9 Å². The summed E-state index contributed by atoms with van der Waals surface area (Å²) in [6.45, 7) is 2.86. The van der Waals surface area contributed by atoms with Crippen LogP contribution in [0.2, 0.25) is 0 Å². The van der Waals surface area contributed by atoms with Gasteiger partial charge in [0.05, 0.1) is 29.1 Å². The van der Waals surface area contributed by atoms with E-state index in [0.29, 0.717) is 0 Å². The van der Waals surface area contributed by atoms with E-state index in [4.69, 9.17) is 5.73 Å². The van der Waals surface area contributed by atoms with Crippen molar-refractivity contribution in [1.82, 2.24) is 4.98 Å². The fraction of sp³-hybridized carbons (Fsp3) is 0.250. The minimum atomic E-state index is 0.790. The van der Waals surface area contributed by atoms with Gasteiger partial charge in [-0.25, -0.2) is 4.98 Å². The lowest BCUT2D eigenvalue weighted by Gasteiger charge is -2.20. The molecule has 0 aliphatic heterocycles. The molecule has 0 saturated carbocycles. The number of rotatable bonds is 3. The monoisotopic (exact) mass is 311 g/mol. The molecule has 0 bridgehead atoms. The second-order valence-corrected chi connectivity index (χ2v) is 5.78. The minimum absolute atomic E-state index is 0.790. The van der Waals surface area contributed by atoms with Crippen molar-refractivity contribution in [2.75, 3.05) is 17.7 Å². The summed E-state index contributed by atoms with van der Waals surface area (Å²) in [6.07, 6.45) is 0. The summed E-state index contributed by atoms with van der Waals surface area (Å²) in [6, 6.07) is 5.89. The molecule has 2 N–H and O–H groups in total. The summed E-state index contributed by atoms with van der Waals surface area (Å²) in [5.74, 6) is 0. The summed E-state index contributed by atoms with van der Waals surface area (Å²) >= 11 is 5.14. The molecule has 0 radical (unpaired) electrons. The molecule has 2 aromatic rings. The Morgan fingerprint density at radius 1 is 1.47 bits per heavy atom. The quantitative estimate of drug-likeness (QED) is 0.883. The number of aromatic nitrogens is 1. The van der Waals surface area contributed by atoms with Gasteiger partial charge in [0.2, 0.25) is 0 Å². The zero-order valence-electron chi connectivity index (χ0n) is 9.77. The molecule has 5 heteroatoms. The zero-order valence-corrected chi connectivity index (χ0v) is 12.2. The van der Waals surface area contributed by atoms with Crippen molar-refractivity contribution in [2.45, 2.75) is 13.5 Å². The smallest absolute Gasteiger partial charge is 0.0798 e. The maximum atomic E-state index is 5.98. The zero-order chi connectivity index (χ0) is 12.4. The first-order valence-electron chi connectivity index (χ1n) is 5.23. The Balaban J connectivity index is 2.23. The van der Waals surface area contributed by atoms with Crippen molar-refractivity contribution in [3.63, 3.8) is 0 Å². The van der Waals surface area contributed by atoms with Crippen LogP contribution in [0.25, 0.3) is 0 Å². The van der Waals surface area contributed by atoms with Crippen LogP contribution in [0.15, 0.2) is 28.2 Å². The highest BCUT2D eigenvalue weighted by atomic mass is 79.9. The van der Waals surface area contributed by atoms with Gasteiger partial charge in [0.1, 0.15) is 0 Å². The maximum Gasteiger partial charge on any atom is 0.0798 e. The second kappa shape index (κ2) is 5.06. The normalized spacial score (nSPS) is 10.5. The molecule has 0 atom stereocenters. The van der Waals surface area contributed by atoms with Crippen molar-refractivity contribution >= 4 is 38.6 Å². The van der Waals surface area contributed by atoms with Crippen LogP contribution in [-0.2, 0) is 6.54 Å². The van der Waals surface area contributed by atoms with E-state index in [9.17, 15) is 0 Å². The summed E-state index contributed by atoms with van der Waals surface area (Å²) in [5, 5.41) is 0. The summed E-state index contributed by atoms with van der Waals surface area (Å²) in [4.78, 5) is 7.66. The standard InChI is InChI=1S/C12H14BrN3S/c1-8-12(17-7-15-8)6-16(2)11-5-9(13)3-4-10(11)14/h3-5,7H,6,14H2,1-2H3. The van der Waals surface area contributed by atoms with E-state index < -0.39 is 0 Å². The number of hydrogen-bond acceptors (Lipinski definition) is 4. The van der Waals surface area contributed by atoms with Crippen molar-refractivity contribution in [2.24, 2.45) is 0 Å². The first-order chi connectivity index (χ1) is 8.08. The van der Waals surface area contributed by atoms with Crippen LogP contribution in [0.3, 0.4) is 0 Å². The lowest BCUT2D eigenvalue weighted by Crippen LogP contribution is -2.17. The maximum absolute atomic E-state index is 5.98. The van der Waals surface area contributed by atoms with E-state index >= 15 is 0 Å². The molecule has 1 aromatic carbocycles. The number of anilines is 2. The molecule has 0 saturated heterocycles. The van der Waals surface area contributed by atoms with Crippen LogP contribution in [0.4, 0.5) is 11.4 Å². The number of aryl methyl sites for hydroxylation is 1. The van der Waals surface area contributed by atoms with Gasteiger partial charge in [0, 0.05) is 16.4 Å². The molecule has 3 nitrogen and oxygen atoms in total. The van der Waals surface area contributed by atoms with Gasteiger partial charge in [-0.15, -0.1) is 11.3 Å². The van der Waals surface area contributed by atoms with Gasteiger partial charge in [0.15, 0.2) is 0 Å². The first-order valence-corrected chi connectivity index (χ1v) is 6.90. The van der Waals surface area contributed by atoms with Crippen LogP contribution in [0.5, 0.6) is 0 Å². The number of halogens is 1. The molecule has 17 heavy (non-hydrogen) atoms. The van der Waals surface area contributed by atoms with Crippen LogP contribution in [0, 0.1) is 6.92 Å². The van der Waals surface area contributed by atoms with E-state index in [2.05, 4.69) is 25.8 Å². The molecule has 90 valence electrons. The van der Waals surface area contributed by atoms with E-state index in [0.717, 1.165) is 28.1 Å². The fourth-order valence-electron chi connectivity index (χ4n) is 1.63. The van der Waals surface area contributed by atoms with E-state index in [-0.39, 0.29) is 0 Å². The predicted molar refractivity (Wildman–Crippen MR) is 77.5 cm³/mol. The third-order valence-electron chi connectivity index (χ3n) is 2.63. The Kier molecular flexibility index (Phi) is 3.69. The van der Waals surface area contributed by atoms with Gasteiger partial charge < -0.3 is 10.6 Å². The highest BCUT2D eigenvalue weighted by Gasteiger charge is 2.09. The Morgan fingerprint density at radius 3 is 2.88 bits per heavy atom. The molecule has 1 heterocycles. The third kappa shape index (κ3) is 2.79. The van der Waals surface area contributed by atoms with Gasteiger partial charge in [-0.3, -0.25) is 0 Å². The Labute approximate surface area is 113 Å². The van der Waals surface area contributed by atoms with Gasteiger partial charge in [-0.05, 0) is 25.1 Å². The van der Waals surface area contributed by atoms with Gasteiger partial charge in [0.25, 0.3) is 0 Å². The summed E-state index contributed by atoms with van der Waals surface area (Å²) in [7, 11) is 2.04. The largest absolute Gasteiger partial charge is 0.397 e. The SMILES string of the molecule is Cc1ncsc1CN(C)c1cc(Br)ccc1N. The van der Waals surface area contributed by atoms with E-state index in [1.807, 2.05) is 37.7 Å². The molecule has 0 unspecified atom stereocenters. The third-order valence-corrected chi connectivity index (χ3v) is 4.04. The van der Waals surface area contributed by atoms with Crippen molar-refractivity contribution in [3.8, 4) is 0 Å². The van der Waals surface area contributed by atoms with Crippen LogP contribution < -0.4 is 10.6 Å². The molecule has 0 aliphatic rings. The lowest BCUT2D eigenvalue weighted by molar-refractivity contribution is 0.927. The number of nitrogen functional groups attached to an aromatic ring is 1. The molecule has 2 rings (SSSR count). The number of nitrogens with zero attached hydrogens (tertiary/aromatic N) is 2. The predicted octanol–water partition coefficient (Wildman–Crippen LogP) is 3.43. The Morgan fingerprint density at radius 2 is 2.24 bits per heavy atom. The molecular weight excluding hydrogens is 298 g/mol. The molecule has 1 aromatic heterocycles. The van der Waals surface area contributed by atoms with Crippen LogP contribution in [0.1, 0.15) is 10.6 Å². The van der Waals surface area contributed by atoms with Gasteiger partial charge in [-0.2, -0.15) is 0 Å². The summed E-state index contributed by atoms with van der Waals surface area (Å²) in [5.41, 5.74) is 10.8. The van der Waals surface area contributed by atoms with E-state index in [1.54, 1.807) is 11.3 Å². The number of nitrogens with two attached hydrogens (primary N) is 1. The average Bonchev–Trinajstić information content (AvgIpc) is 2.68. The number of benzene rings is 1. The summed E-state index contributed by atoms with van der Waals surface area (Å²) < 4.78 is 1.04. The van der Waals surface area contributed by atoms with Crippen molar-refractivity contribution in [3.05, 3.63) is 38.8 Å². The molecule has 0 aliphatic carbocycles. The van der Waals surface area contributed by atoms with Crippen molar-refractivity contribution < 1.29 is 0 Å². The van der Waals surface area contributed by atoms with Crippen LogP contribution >= 0.6 is 27.3 Å².